The van der Waals surface area contributed by atoms with Crippen LogP contribution in [-0.4, -0.2) is 48.9 Å². The first kappa shape index (κ1) is 20.6. The van der Waals surface area contributed by atoms with E-state index in [1.54, 1.807) is 7.11 Å². The maximum Gasteiger partial charge on any atom is 0.223 e. The summed E-state index contributed by atoms with van der Waals surface area (Å²) in [5, 5.41) is 15.6. The first-order valence-corrected chi connectivity index (χ1v) is 10.1. The molecule has 1 aliphatic heterocycles. The molecule has 2 amide bonds. The van der Waals surface area contributed by atoms with Crippen molar-refractivity contribution in [3.05, 3.63) is 29.8 Å². The normalized spacial score (nSPS) is 24.9. The predicted molar refractivity (Wildman–Crippen MR) is 104 cm³/mol. The van der Waals surface area contributed by atoms with Crippen LogP contribution in [0.25, 0.3) is 0 Å². The second-order valence-electron chi connectivity index (χ2n) is 7.63. The molecular weight excluding hydrogens is 360 g/mol. The maximum atomic E-state index is 12.3. The van der Waals surface area contributed by atoms with Gasteiger partial charge in [-0.25, -0.2) is 0 Å². The van der Waals surface area contributed by atoms with Crippen LogP contribution in [0, 0.1) is 5.92 Å². The van der Waals surface area contributed by atoms with Crippen molar-refractivity contribution in [1.29, 1.82) is 0 Å². The van der Waals surface area contributed by atoms with Gasteiger partial charge in [-0.3, -0.25) is 9.59 Å². The van der Waals surface area contributed by atoms with Crippen LogP contribution in [0.1, 0.15) is 44.1 Å². The molecule has 2 aliphatic rings. The van der Waals surface area contributed by atoms with E-state index in [2.05, 4.69) is 10.6 Å². The summed E-state index contributed by atoms with van der Waals surface area (Å²) >= 11 is 0. The Bertz CT molecular complexity index is 677. The summed E-state index contributed by atoms with van der Waals surface area (Å²) < 4.78 is 11.1. The minimum Gasteiger partial charge on any atom is -0.497 e. The average Bonchev–Trinajstić information content (AvgIpc) is 2.66. The van der Waals surface area contributed by atoms with Gasteiger partial charge in [0.15, 0.2) is 0 Å². The van der Waals surface area contributed by atoms with Crippen LogP contribution in [0.2, 0.25) is 0 Å². The number of hydrogen-bond donors (Lipinski definition) is 3. The number of hydrogen-bond acceptors (Lipinski definition) is 5. The molecule has 7 heteroatoms. The zero-order valence-corrected chi connectivity index (χ0v) is 16.4. The van der Waals surface area contributed by atoms with Gasteiger partial charge < -0.3 is 25.2 Å². The largest absolute Gasteiger partial charge is 0.497 e. The Morgan fingerprint density at radius 3 is 2.75 bits per heavy atom. The molecule has 0 bridgehead atoms. The van der Waals surface area contributed by atoms with Crippen LogP contribution in [0.15, 0.2) is 24.3 Å². The van der Waals surface area contributed by atoms with E-state index in [9.17, 15) is 14.7 Å². The Morgan fingerprint density at radius 1 is 1.25 bits per heavy atom. The quantitative estimate of drug-likeness (QED) is 0.625. The fraction of sp³-hybridized carbons (Fsp3) is 0.619. The summed E-state index contributed by atoms with van der Waals surface area (Å²) in [5.74, 6) is 0.830. The van der Waals surface area contributed by atoms with E-state index in [0.717, 1.165) is 30.6 Å². The van der Waals surface area contributed by atoms with E-state index in [0.29, 0.717) is 19.4 Å². The molecule has 0 spiro atoms. The highest BCUT2D eigenvalue weighted by molar-refractivity contribution is 5.79. The Hall–Kier alpha value is -2.12. The number of methoxy groups -OCH3 is 1. The van der Waals surface area contributed by atoms with Gasteiger partial charge >= 0.3 is 0 Å². The Kier molecular flexibility index (Phi) is 7.28. The Balaban J connectivity index is 1.43. The number of ether oxygens (including phenoxy) is 2. The summed E-state index contributed by atoms with van der Waals surface area (Å²) in [4.78, 5) is 24.4. The van der Waals surface area contributed by atoms with Crippen molar-refractivity contribution in [3.63, 3.8) is 0 Å². The zero-order chi connectivity index (χ0) is 19.9. The Morgan fingerprint density at radius 2 is 2.07 bits per heavy atom. The maximum absolute atomic E-state index is 12.3. The van der Waals surface area contributed by atoms with Gasteiger partial charge in [0, 0.05) is 12.5 Å². The van der Waals surface area contributed by atoms with Crippen LogP contribution >= 0.6 is 0 Å². The highest BCUT2D eigenvalue weighted by Crippen LogP contribution is 2.28. The van der Waals surface area contributed by atoms with Crippen molar-refractivity contribution in [2.75, 3.05) is 13.7 Å². The van der Waals surface area contributed by atoms with Gasteiger partial charge in [-0.15, -0.1) is 0 Å². The molecule has 1 heterocycles. The summed E-state index contributed by atoms with van der Waals surface area (Å²) in [7, 11) is 1.61. The zero-order valence-electron chi connectivity index (χ0n) is 16.4. The van der Waals surface area contributed by atoms with Crippen molar-refractivity contribution in [3.8, 4) is 5.75 Å². The fourth-order valence-electron chi connectivity index (χ4n) is 3.68. The first-order chi connectivity index (χ1) is 13.6. The number of amides is 2. The van der Waals surface area contributed by atoms with Crippen molar-refractivity contribution < 1.29 is 24.2 Å². The van der Waals surface area contributed by atoms with Crippen LogP contribution in [0.5, 0.6) is 5.75 Å². The van der Waals surface area contributed by atoms with Gasteiger partial charge in [0.2, 0.25) is 11.8 Å². The van der Waals surface area contributed by atoms with Gasteiger partial charge in [-0.1, -0.05) is 18.6 Å². The minimum absolute atomic E-state index is 0.0628. The third kappa shape index (κ3) is 5.45. The summed E-state index contributed by atoms with van der Waals surface area (Å²) in [5.41, 5.74) is 0.962. The molecule has 3 atom stereocenters. The van der Waals surface area contributed by atoms with Crippen LogP contribution in [0.4, 0.5) is 0 Å². The second-order valence-corrected chi connectivity index (χ2v) is 7.63. The lowest BCUT2D eigenvalue weighted by Gasteiger charge is -2.37. The molecule has 1 aromatic rings. The predicted octanol–water partition coefficient (Wildman–Crippen LogP) is 1.53. The summed E-state index contributed by atoms with van der Waals surface area (Å²) in [6.45, 7) is 0.254. The highest BCUT2D eigenvalue weighted by atomic mass is 16.5. The van der Waals surface area contributed by atoms with Gasteiger partial charge in [-0.05, 0) is 43.4 Å². The molecule has 3 rings (SSSR count). The van der Waals surface area contributed by atoms with E-state index in [1.807, 2.05) is 24.3 Å². The van der Waals surface area contributed by atoms with E-state index in [4.69, 9.17) is 9.47 Å². The molecule has 154 valence electrons. The van der Waals surface area contributed by atoms with E-state index in [-0.39, 0.29) is 42.9 Å². The minimum atomic E-state index is -0.464. The van der Waals surface area contributed by atoms with Crippen LogP contribution < -0.4 is 15.4 Å². The fourth-order valence-corrected chi connectivity index (χ4v) is 3.68. The molecule has 2 fully saturated rings. The molecule has 7 nitrogen and oxygen atoms in total. The molecule has 1 aliphatic carbocycles. The van der Waals surface area contributed by atoms with E-state index >= 15 is 0 Å². The number of aliphatic hydroxyl groups is 1. The summed E-state index contributed by atoms with van der Waals surface area (Å²) in [6, 6.07) is 7.37. The number of carbonyl (C=O) groups is 2. The first-order valence-electron chi connectivity index (χ1n) is 10.1. The third-order valence-corrected chi connectivity index (χ3v) is 5.64. The van der Waals surface area contributed by atoms with Crippen LogP contribution in [0.3, 0.4) is 0 Å². The lowest BCUT2D eigenvalue weighted by molar-refractivity contribution is -0.138. The number of benzene rings is 1. The van der Waals surface area contributed by atoms with Gasteiger partial charge in [0.05, 0.1) is 32.3 Å². The summed E-state index contributed by atoms with van der Waals surface area (Å²) in [6.07, 6.45) is 3.90. The van der Waals surface area contributed by atoms with Gasteiger partial charge in [0.1, 0.15) is 11.9 Å². The molecule has 1 saturated carbocycles. The van der Waals surface area contributed by atoms with Gasteiger partial charge in [-0.2, -0.15) is 0 Å². The second kappa shape index (κ2) is 9.89. The molecule has 3 N–H and O–H groups in total. The molecule has 1 aromatic carbocycles. The number of rotatable bonds is 8. The SMILES string of the molecule is COc1cccc(CNC(=O)C[C@H]2CC[C@H](NC(=O)C3CCC3)[C@@H](CO)O2)c1. The van der Waals surface area contributed by atoms with Crippen molar-refractivity contribution in [1.82, 2.24) is 10.6 Å². The average molecular weight is 390 g/mol. The standard InChI is InChI=1S/C21H30N2O5/c1-27-16-7-2-4-14(10-16)12-22-20(25)11-17-8-9-18(19(13-24)28-17)23-21(26)15-5-3-6-15/h2,4,7,10,15,17-19,24H,3,5-6,8-9,11-13H2,1H3,(H,22,25)(H,23,26)/t17-,18+,19-/m1/s1. The van der Waals surface area contributed by atoms with Crippen LogP contribution in [-0.2, 0) is 20.9 Å². The number of aliphatic hydroxyl groups excluding tert-OH is 1. The third-order valence-electron chi connectivity index (χ3n) is 5.64. The smallest absolute Gasteiger partial charge is 0.223 e. The van der Waals surface area contributed by atoms with Crippen molar-refractivity contribution in [2.24, 2.45) is 5.92 Å². The van der Waals surface area contributed by atoms with Crippen molar-refractivity contribution >= 4 is 11.8 Å². The topological polar surface area (TPSA) is 96.9 Å². The number of nitrogens with one attached hydrogen (secondary N) is 2. The molecule has 0 radical (unpaired) electrons. The van der Waals surface area contributed by atoms with E-state index in [1.165, 1.54) is 0 Å². The van der Waals surface area contributed by atoms with Gasteiger partial charge in [0.25, 0.3) is 0 Å². The monoisotopic (exact) mass is 390 g/mol. The lowest BCUT2D eigenvalue weighted by atomic mass is 9.84. The molecular formula is C21H30N2O5. The molecule has 28 heavy (non-hydrogen) atoms. The Labute approximate surface area is 165 Å². The highest BCUT2D eigenvalue weighted by Gasteiger charge is 2.35. The van der Waals surface area contributed by atoms with E-state index < -0.39 is 6.10 Å². The van der Waals surface area contributed by atoms with Crippen molar-refractivity contribution in [2.45, 2.75) is 63.3 Å². The molecule has 0 unspecified atom stereocenters. The molecule has 1 saturated heterocycles. The molecule has 0 aromatic heterocycles. The lowest BCUT2D eigenvalue weighted by Crippen LogP contribution is -2.53. The number of carbonyl (C=O) groups excluding carboxylic acids is 2.